The van der Waals surface area contributed by atoms with Crippen molar-refractivity contribution in [3.8, 4) is 0 Å². The van der Waals surface area contributed by atoms with Gasteiger partial charge in [-0.1, -0.05) is 12.1 Å². The Kier molecular flexibility index (Phi) is 3.33. The van der Waals surface area contributed by atoms with Gasteiger partial charge in [0.05, 0.1) is 11.4 Å². The monoisotopic (exact) mass is 240 g/mol. The molecule has 3 N–H and O–H groups in total. The Hall–Kier alpha value is -2.29. The summed E-state index contributed by atoms with van der Waals surface area (Å²) >= 11 is 0. The first-order valence-electron chi connectivity index (χ1n) is 5.81. The molecule has 0 aromatic heterocycles. The molecule has 3 heteroatoms. The zero-order chi connectivity index (χ0) is 13.1. The van der Waals surface area contributed by atoms with Gasteiger partial charge in [0.15, 0.2) is 5.78 Å². The lowest BCUT2D eigenvalue weighted by atomic mass is 10.1. The lowest BCUT2D eigenvalue weighted by Crippen LogP contribution is -1.99. The smallest absolute Gasteiger partial charge is 0.159 e. The maximum Gasteiger partial charge on any atom is 0.159 e. The number of rotatable bonds is 3. The first kappa shape index (κ1) is 12.2. The molecule has 0 radical (unpaired) electrons. The molecule has 2 aromatic carbocycles. The molecule has 3 nitrogen and oxygen atoms in total. The third-order valence-corrected chi connectivity index (χ3v) is 2.87. The van der Waals surface area contributed by atoms with Gasteiger partial charge in [0.1, 0.15) is 0 Å². The van der Waals surface area contributed by atoms with Crippen molar-refractivity contribution in [3.63, 3.8) is 0 Å². The number of nitrogen functional groups attached to an aromatic ring is 1. The van der Waals surface area contributed by atoms with Gasteiger partial charge in [0.25, 0.3) is 0 Å². The number of nitrogens with two attached hydrogens (primary N) is 1. The van der Waals surface area contributed by atoms with Gasteiger partial charge >= 0.3 is 0 Å². The summed E-state index contributed by atoms with van der Waals surface area (Å²) in [4.78, 5) is 11.2. The van der Waals surface area contributed by atoms with Crippen LogP contribution in [0.15, 0.2) is 42.5 Å². The van der Waals surface area contributed by atoms with Crippen LogP contribution in [0.5, 0.6) is 0 Å². The average molecular weight is 240 g/mol. The molecule has 0 amide bonds. The van der Waals surface area contributed by atoms with E-state index in [0.717, 1.165) is 16.9 Å². The van der Waals surface area contributed by atoms with Crippen LogP contribution in [0, 0.1) is 6.92 Å². The lowest BCUT2D eigenvalue weighted by molar-refractivity contribution is 0.101. The summed E-state index contributed by atoms with van der Waals surface area (Å²) in [5.74, 6) is 0.0666. The van der Waals surface area contributed by atoms with Gasteiger partial charge in [-0.2, -0.15) is 0 Å². The maximum absolute atomic E-state index is 11.2. The molecule has 0 fully saturated rings. The molecule has 0 atom stereocenters. The summed E-state index contributed by atoms with van der Waals surface area (Å²) in [5, 5.41) is 3.27. The molecule has 0 spiro atoms. The largest absolute Gasteiger partial charge is 0.397 e. The minimum absolute atomic E-state index is 0.0666. The van der Waals surface area contributed by atoms with E-state index in [2.05, 4.69) is 5.32 Å². The molecular weight excluding hydrogens is 224 g/mol. The van der Waals surface area contributed by atoms with Crippen molar-refractivity contribution in [2.24, 2.45) is 0 Å². The van der Waals surface area contributed by atoms with Crippen molar-refractivity contribution in [3.05, 3.63) is 53.6 Å². The van der Waals surface area contributed by atoms with E-state index in [4.69, 9.17) is 5.73 Å². The molecule has 2 aromatic rings. The third-order valence-electron chi connectivity index (χ3n) is 2.87. The van der Waals surface area contributed by atoms with E-state index in [9.17, 15) is 4.79 Å². The number of carbonyl (C=O) groups excluding carboxylic acids is 1. The van der Waals surface area contributed by atoms with E-state index in [1.54, 1.807) is 19.1 Å². The second-order valence-corrected chi connectivity index (χ2v) is 4.30. The van der Waals surface area contributed by atoms with Crippen LogP contribution in [0.2, 0.25) is 0 Å². The van der Waals surface area contributed by atoms with Crippen LogP contribution in [0.1, 0.15) is 22.8 Å². The van der Waals surface area contributed by atoms with Crippen LogP contribution in [0.3, 0.4) is 0 Å². The Labute approximate surface area is 107 Å². The minimum atomic E-state index is 0.0666. The second kappa shape index (κ2) is 4.92. The predicted molar refractivity (Wildman–Crippen MR) is 75.3 cm³/mol. The average Bonchev–Trinajstić information content (AvgIpc) is 2.34. The zero-order valence-corrected chi connectivity index (χ0v) is 10.5. The second-order valence-electron chi connectivity index (χ2n) is 4.30. The van der Waals surface area contributed by atoms with Crippen molar-refractivity contribution < 1.29 is 4.79 Å². The van der Waals surface area contributed by atoms with Crippen molar-refractivity contribution in [1.29, 1.82) is 0 Å². The van der Waals surface area contributed by atoms with Gasteiger partial charge < -0.3 is 11.1 Å². The van der Waals surface area contributed by atoms with E-state index in [-0.39, 0.29) is 5.78 Å². The van der Waals surface area contributed by atoms with E-state index in [1.807, 2.05) is 37.3 Å². The highest BCUT2D eigenvalue weighted by Gasteiger charge is 2.04. The molecule has 0 saturated carbocycles. The van der Waals surface area contributed by atoms with Crippen molar-refractivity contribution in [2.45, 2.75) is 13.8 Å². The van der Waals surface area contributed by atoms with E-state index in [1.165, 1.54) is 0 Å². The first-order chi connectivity index (χ1) is 8.58. The molecule has 0 aliphatic carbocycles. The molecule has 0 aliphatic rings. The van der Waals surface area contributed by atoms with E-state index in [0.29, 0.717) is 11.3 Å². The Morgan fingerprint density at radius 1 is 1.11 bits per heavy atom. The molecular formula is C15H16N2O. The van der Waals surface area contributed by atoms with Crippen molar-refractivity contribution in [2.75, 3.05) is 11.1 Å². The fraction of sp³-hybridized carbons (Fsp3) is 0.133. The van der Waals surface area contributed by atoms with Gasteiger partial charge in [0.2, 0.25) is 0 Å². The molecule has 0 aliphatic heterocycles. The Morgan fingerprint density at radius 3 is 2.33 bits per heavy atom. The topological polar surface area (TPSA) is 55.1 Å². The first-order valence-corrected chi connectivity index (χ1v) is 5.81. The van der Waals surface area contributed by atoms with Crippen LogP contribution in [0.4, 0.5) is 17.1 Å². The number of benzene rings is 2. The van der Waals surface area contributed by atoms with Gasteiger partial charge in [-0.05, 0) is 49.7 Å². The van der Waals surface area contributed by atoms with E-state index < -0.39 is 0 Å². The molecule has 0 saturated heterocycles. The zero-order valence-electron chi connectivity index (χ0n) is 10.5. The van der Waals surface area contributed by atoms with Crippen LogP contribution >= 0.6 is 0 Å². The minimum Gasteiger partial charge on any atom is -0.397 e. The van der Waals surface area contributed by atoms with Gasteiger partial charge in [-0.25, -0.2) is 0 Å². The summed E-state index contributed by atoms with van der Waals surface area (Å²) in [6.45, 7) is 3.56. The normalized spacial score (nSPS) is 10.1. The standard InChI is InChI=1S/C15H16N2O/c1-10-4-3-5-14(16)15(10)17-13-8-6-12(7-9-13)11(2)18/h3-9,17H,16H2,1-2H3. The number of aryl methyl sites for hydroxylation is 1. The molecule has 0 unspecified atom stereocenters. The lowest BCUT2D eigenvalue weighted by Gasteiger charge is -2.12. The highest BCUT2D eigenvalue weighted by Crippen LogP contribution is 2.26. The summed E-state index contributed by atoms with van der Waals surface area (Å²) in [6, 6.07) is 13.2. The Morgan fingerprint density at radius 2 is 1.78 bits per heavy atom. The third kappa shape index (κ3) is 2.51. The number of hydrogen-bond acceptors (Lipinski definition) is 3. The van der Waals surface area contributed by atoms with Crippen LogP contribution in [-0.4, -0.2) is 5.78 Å². The number of nitrogens with one attached hydrogen (secondary N) is 1. The number of ketones is 1. The van der Waals surface area contributed by atoms with Gasteiger partial charge in [-0.3, -0.25) is 4.79 Å². The van der Waals surface area contributed by atoms with Gasteiger partial charge in [-0.15, -0.1) is 0 Å². The fourth-order valence-electron chi connectivity index (χ4n) is 1.79. The Balaban J connectivity index is 2.26. The number of hydrogen-bond donors (Lipinski definition) is 2. The fourth-order valence-corrected chi connectivity index (χ4v) is 1.79. The summed E-state index contributed by atoms with van der Waals surface area (Å²) in [6.07, 6.45) is 0. The van der Waals surface area contributed by atoms with E-state index >= 15 is 0 Å². The number of para-hydroxylation sites is 1. The highest BCUT2D eigenvalue weighted by atomic mass is 16.1. The van der Waals surface area contributed by atoms with Crippen LogP contribution < -0.4 is 11.1 Å². The summed E-state index contributed by atoms with van der Waals surface area (Å²) in [5.41, 5.74) is 10.3. The maximum atomic E-state index is 11.2. The number of anilines is 3. The number of carbonyl (C=O) groups is 1. The van der Waals surface area contributed by atoms with Crippen molar-refractivity contribution in [1.82, 2.24) is 0 Å². The molecule has 92 valence electrons. The quantitative estimate of drug-likeness (QED) is 0.637. The molecule has 0 bridgehead atoms. The SMILES string of the molecule is CC(=O)c1ccc(Nc2c(C)cccc2N)cc1. The molecule has 18 heavy (non-hydrogen) atoms. The van der Waals surface area contributed by atoms with Crippen LogP contribution in [-0.2, 0) is 0 Å². The summed E-state index contributed by atoms with van der Waals surface area (Å²) < 4.78 is 0. The van der Waals surface area contributed by atoms with Gasteiger partial charge in [0, 0.05) is 11.3 Å². The van der Waals surface area contributed by atoms with Crippen LogP contribution in [0.25, 0.3) is 0 Å². The predicted octanol–water partition coefficient (Wildman–Crippen LogP) is 3.52. The summed E-state index contributed by atoms with van der Waals surface area (Å²) in [7, 11) is 0. The Bertz CT molecular complexity index is 553. The molecule has 2 rings (SSSR count). The number of Topliss-reactive ketones (excluding diaryl/α,β-unsaturated/α-hetero) is 1. The highest BCUT2D eigenvalue weighted by molar-refractivity contribution is 5.94. The molecule has 0 heterocycles. The van der Waals surface area contributed by atoms with Crippen molar-refractivity contribution >= 4 is 22.8 Å².